The number of nitriles is 1. The molecule has 2 rings (SSSR count). The number of nitrogens with zero attached hydrogens (tertiary/aromatic N) is 1. The van der Waals surface area contributed by atoms with Crippen molar-refractivity contribution in [2.24, 2.45) is 11.8 Å². The van der Waals surface area contributed by atoms with E-state index in [0.717, 1.165) is 12.3 Å². The van der Waals surface area contributed by atoms with Crippen molar-refractivity contribution in [3.05, 3.63) is 29.3 Å². The van der Waals surface area contributed by atoms with Gasteiger partial charge in [0.15, 0.2) is 0 Å². The second kappa shape index (κ2) is 11.5. The quantitative estimate of drug-likeness (QED) is 0.447. The summed E-state index contributed by atoms with van der Waals surface area (Å²) in [7, 11) is -3.63. The number of ether oxygens (including phenoxy) is 1. The molecule has 1 atom stereocenters. The Hall–Kier alpha value is -2.85. The minimum absolute atomic E-state index is 0.00926. The summed E-state index contributed by atoms with van der Waals surface area (Å²) in [6.07, 6.45) is -2.12. The lowest BCUT2D eigenvalue weighted by Crippen LogP contribution is -2.61. The van der Waals surface area contributed by atoms with Crippen LogP contribution in [0.2, 0.25) is 0 Å². The van der Waals surface area contributed by atoms with Crippen LogP contribution in [0.1, 0.15) is 57.6 Å². The summed E-state index contributed by atoms with van der Waals surface area (Å²) in [4.78, 5) is 25.5. The van der Waals surface area contributed by atoms with Gasteiger partial charge in [0.1, 0.15) is 11.3 Å². The van der Waals surface area contributed by atoms with Gasteiger partial charge in [0.25, 0.3) is 0 Å². The molecule has 0 unspecified atom stereocenters. The van der Waals surface area contributed by atoms with E-state index in [9.17, 15) is 31.2 Å². The van der Waals surface area contributed by atoms with Crippen LogP contribution in [-0.4, -0.2) is 44.4 Å². The molecule has 0 spiro atoms. The third-order valence-electron chi connectivity index (χ3n) is 6.33. The molecule has 0 aromatic heterocycles. The first-order valence-corrected chi connectivity index (χ1v) is 13.3. The highest BCUT2D eigenvalue weighted by molar-refractivity contribution is 7.88. The molecule has 0 saturated heterocycles. The van der Waals surface area contributed by atoms with Crippen LogP contribution in [0.3, 0.4) is 0 Å². The van der Waals surface area contributed by atoms with Crippen LogP contribution in [0.4, 0.5) is 13.2 Å². The fourth-order valence-electron chi connectivity index (χ4n) is 3.96. The van der Waals surface area contributed by atoms with E-state index in [-0.39, 0.29) is 35.5 Å². The maximum absolute atomic E-state index is 12.9. The Morgan fingerprint density at radius 2 is 1.81 bits per heavy atom. The SMILES string of the molecule is CC(C)[C@](C)(NS(C)(=O)=O)C(=O)NC1CCC(C(=O)NCc2ccc(C#N)cc2OC(F)(F)F)CC1. The average Bonchev–Trinajstić information content (AvgIpc) is 2.76. The summed E-state index contributed by atoms with van der Waals surface area (Å²) in [5.41, 5.74) is -1.27. The van der Waals surface area contributed by atoms with Crippen molar-refractivity contribution >= 4 is 21.8 Å². The van der Waals surface area contributed by atoms with E-state index < -0.39 is 39.5 Å². The molecule has 1 aromatic carbocycles. The minimum Gasteiger partial charge on any atom is -0.405 e. The van der Waals surface area contributed by atoms with Gasteiger partial charge in [-0.05, 0) is 50.7 Å². The maximum atomic E-state index is 12.9. The second-order valence-corrected chi connectivity index (χ2v) is 11.2. The van der Waals surface area contributed by atoms with Crippen molar-refractivity contribution in [3.8, 4) is 11.8 Å². The van der Waals surface area contributed by atoms with Gasteiger partial charge in [-0.1, -0.05) is 19.9 Å². The van der Waals surface area contributed by atoms with Gasteiger partial charge in [-0.15, -0.1) is 13.2 Å². The first kappa shape index (κ1) is 29.4. The van der Waals surface area contributed by atoms with Crippen LogP contribution in [0, 0.1) is 23.2 Å². The number of amides is 2. The first-order valence-electron chi connectivity index (χ1n) is 11.4. The third kappa shape index (κ3) is 8.37. The molecule has 2 amide bonds. The van der Waals surface area contributed by atoms with Crippen molar-refractivity contribution in [1.82, 2.24) is 15.4 Å². The van der Waals surface area contributed by atoms with Crippen molar-refractivity contribution < 1.29 is 35.9 Å². The molecule has 36 heavy (non-hydrogen) atoms. The highest BCUT2D eigenvalue weighted by atomic mass is 32.2. The molecule has 1 aromatic rings. The largest absolute Gasteiger partial charge is 0.573 e. The number of hydrogen-bond donors (Lipinski definition) is 3. The summed E-state index contributed by atoms with van der Waals surface area (Å²) in [5.74, 6) is -2.05. The van der Waals surface area contributed by atoms with Gasteiger partial charge in [0.05, 0.1) is 17.9 Å². The standard InChI is InChI=1S/C23H31F3N4O5S/c1-14(2)22(3,30-36(4,33)34)21(32)29-18-9-7-16(8-10-18)20(31)28-13-17-6-5-15(12-27)11-19(17)35-23(24,25)26/h5-6,11,14,16,18,30H,7-10,13H2,1-4H3,(H,28,31)(H,29,32)/t16?,18?,22-/m0/s1. The molecule has 1 fully saturated rings. The Kier molecular flexibility index (Phi) is 9.36. The summed E-state index contributed by atoms with van der Waals surface area (Å²) in [6, 6.07) is 5.09. The predicted octanol–water partition coefficient (Wildman–Crippen LogP) is 2.71. The summed E-state index contributed by atoms with van der Waals surface area (Å²) >= 11 is 0. The van der Waals surface area contributed by atoms with Crippen LogP contribution in [0.5, 0.6) is 5.75 Å². The molecule has 1 saturated carbocycles. The monoisotopic (exact) mass is 532 g/mol. The molecule has 200 valence electrons. The number of sulfonamides is 1. The molecule has 0 bridgehead atoms. The number of carbonyl (C=O) groups excluding carboxylic acids is 2. The van der Waals surface area contributed by atoms with E-state index in [1.54, 1.807) is 19.9 Å². The molecule has 1 aliphatic carbocycles. The number of halogens is 3. The van der Waals surface area contributed by atoms with Gasteiger partial charge in [-0.2, -0.15) is 9.98 Å². The Morgan fingerprint density at radius 3 is 2.31 bits per heavy atom. The fraction of sp³-hybridized carbons (Fsp3) is 0.609. The molecule has 13 heteroatoms. The average molecular weight is 533 g/mol. The maximum Gasteiger partial charge on any atom is 0.573 e. The number of rotatable bonds is 9. The first-order chi connectivity index (χ1) is 16.5. The van der Waals surface area contributed by atoms with Crippen molar-refractivity contribution in [2.45, 2.75) is 70.9 Å². The Morgan fingerprint density at radius 1 is 1.19 bits per heavy atom. The van der Waals surface area contributed by atoms with Crippen LogP contribution in [-0.2, 0) is 26.2 Å². The zero-order chi connectivity index (χ0) is 27.3. The minimum atomic E-state index is -4.95. The zero-order valence-corrected chi connectivity index (χ0v) is 21.3. The summed E-state index contributed by atoms with van der Waals surface area (Å²) in [5, 5.41) is 14.4. The molecule has 1 aliphatic rings. The van der Waals surface area contributed by atoms with E-state index in [1.807, 2.05) is 0 Å². The van der Waals surface area contributed by atoms with E-state index in [2.05, 4.69) is 20.1 Å². The molecule has 0 aliphatic heterocycles. The molecule has 9 nitrogen and oxygen atoms in total. The predicted molar refractivity (Wildman–Crippen MR) is 125 cm³/mol. The molecular formula is C23H31F3N4O5S. The lowest BCUT2D eigenvalue weighted by atomic mass is 9.84. The van der Waals surface area contributed by atoms with E-state index in [1.165, 1.54) is 19.1 Å². The van der Waals surface area contributed by atoms with Gasteiger partial charge in [0, 0.05) is 24.1 Å². The van der Waals surface area contributed by atoms with Crippen molar-refractivity contribution in [3.63, 3.8) is 0 Å². The van der Waals surface area contributed by atoms with Crippen LogP contribution >= 0.6 is 0 Å². The second-order valence-electron chi connectivity index (χ2n) is 9.45. The number of carbonyl (C=O) groups is 2. The Labute approximate surface area is 208 Å². The van der Waals surface area contributed by atoms with Crippen molar-refractivity contribution in [1.29, 1.82) is 5.26 Å². The number of nitrogens with one attached hydrogen (secondary N) is 3. The summed E-state index contributed by atoms with van der Waals surface area (Å²) < 4.78 is 68.0. The van der Waals surface area contributed by atoms with Crippen LogP contribution in [0.15, 0.2) is 18.2 Å². The normalized spacial score (nSPS) is 20.2. The van der Waals surface area contributed by atoms with Crippen LogP contribution in [0.25, 0.3) is 0 Å². The van der Waals surface area contributed by atoms with E-state index >= 15 is 0 Å². The fourth-order valence-corrected chi connectivity index (χ4v) is 5.06. The van der Waals surface area contributed by atoms with Gasteiger partial charge < -0.3 is 15.4 Å². The summed E-state index contributed by atoms with van der Waals surface area (Å²) in [6.45, 7) is 4.78. The van der Waals surface area contributed by atoms with Crippen molar-refractivity contribution in [2.75, 3.05) is 6.26 Å². The lowest BCUT2D eigenvalue weighted by Gasteiger charge is -2.36. The Balaban J connectivity index is 1.94. The smallest absolute Gasteiger partial charge is 0.405 e. The number of hydrogen-bond acceptors (Lipinski definition) is 6. The topological polar surface area (TPSA) is 137 Å². The molecule has 0 heterocycles. The third-order valence-corrected chi connectivity index (χ3v) is 7.13. The van der Waals surface area contributed by atoms with Crippen LogP contribution < -0.4 is 20.1 Å². The van der Waals surface area contributed by atoms with E-state index in [0.29, 0.717) is 25.7 Å². The lowest BCUT2D eigenvalue weighted by molar-refractivity contribution is -0.274. The van der Waals surface area contributed by atoms with Gasteiger partial charge >= 0.3 is 6.36 Å². The molecular weight excluding hydrogens is 501 g/mol. The zero-order valence-electron chi connectivity index (χ0n) is 20.5. The Bertz CT molecular complexity index is 1110. The molecule has 0 radical (unpaired) electrons. The van der Waals surface area contributed by atoms with E-state index in [4.69, 9.17) is 5.26 Å². The van der Waals surface area contributed by atoms with Gasteiger partial charge in [0.2, 0.25) is 21.8 Å². The van der Waals surface area contributed by atoms with Gasteiger partial charge in [-0.3, -0.25) is 9.59 Å². The highest BCUT2D eigenvalue weighted by Crippen LogP contribution is 2.29. The number of alkyl halides is 3. The molecule has 3 N–H and O–H groups in total. The van der Waals surface area contributed by atoms with Gasteiger partial charge in [-0.25, -0.2) is 8.42 Å². The highest BCUT2D eigenvalue weighted by Gasteiger charge is 2.40. The number of benzene rings is 1.